The van der Waals surface area contributed by atoms with E-state index in [-0.39, 0.29) is 17.6 Å². The molecule has 0 saturated carbocycles. The molecule has 6 heteroatoms. The first-order chi connectivity index (χ1) is 10.5. The summed E-state index contributed by atoms with van der Waals surface area (Å²) in [7, 11) is 0. The van der Waals surface area contributed by atoms with Gasteiger partial charge >= 0.3 is 0 Å². The Labute approximate surface area is 134 Å². The highest BCUT2D eigenvalue weighted by Gasteiger charge is 2.18. The second kappa shape index (κ2) is 7.42. The summed E-state index contributed by atoms with van der Waals surface area (Å²) in [5.41, 5.74) is 6.70. The largest absolute Gasteiger partial charge is 0.355 e. The summed E-state index contributed by atoms with van der Waals surface area (Å²) in [5, 5.41) is 7.29. The van der Waals surface area contributed by atoms with Gasteiger partial charge in [-0.1, -0.05) is 42.7 Å². The van der Waals surface area contributed by atoms with Crippen LogP contribution in [-0.2, 0) is 0 Å². The normalized spacial score (nSPS) is 12.4. The number of amides is 1. The molecule has 0 aliphatic heterocycles. The Morgan fingerprint density at radius 1 is 1.41 bits per heavy atom. The molecule has 2 aromatic rings. The number of nitrogens with zero attached hydrogens (tertiary/aromatic N) is 1. The van der Waals surface area contributed by atoms with Crippen LogP contribution in [0.5, 0.6) is 0 Å². The van der Waals surface area contributed by atoms with Gasteiger partial charge < -0.3 is 15.6 Å². The van der Waals surface area contributed by atoms with Crippen LogP contribution in [0, 0.1) is 5.92 Å². The molecule has 0 radical (unpaired) electrons. The number of carbonyl (C=O) groups is 1. The van der Waals surface area contributed by atoms with Gasteiger partial charge in [0.2, 0.25) is 0 Å². The molecule has 1 unspecified atom stereocenters. The van der Waals surface area contributed by atoms with Crippen molar-refractivity contribution in [2.24, 2.45) is 11.7 Å². The lowest BCUT2D eigenvalue weighted by Gasteiger charge is -2.17. The standard InChI is InChI=1S/C16H20ClN3O2/c1-10(2)6-13(9-18)19-16(21)14-8-15(22-20-14)11-4-3-5-12(17)7-11/h3-5,7-8,10,13H,6,9,18H2,1-2H3,(H,19,21). The lowest BCUT2D eigenvalue weighted by atomic mass is 10.0. The van der Waals surface area contributed by atoms with E-state index in [0.29, 0.717) is 23.2 Å². The molecule has 118 valence electrons. The number of rotatable bonds is 6. The quantitative estimate of drug-likeness (QED) is 0.856. The fraction of sp³-hybridized carbons (Fsp3) is 0.375. The minimum absolute atomic E-state index is 0.0705. The van der Waals surface area contributed by atoms with Gasteiger partial charge in [0.15, 0.2) is 11.5 Å². The number of benzene rings is 1. The highest BCUT2D eigenvalue weighted by molar-refractivity contribution is 6.30. The molecule has 3 N–H and O–H groups in total. The number of hydrogen-bond acceptors (Lipinski definition) is 4. The average molecular weight is 322 g/mol. The third kappa shape index (κ3) is 4.32. The summed E-state index contributed by atoms with van der Waals surface area (Å²) >= 11 is 5.94. The molecular weight excluding hydrogens is 302 g/mol. The molecule has 0 fully saturated rings. The van der Waals surface area contributed by atoms with Gasteiger partial charge in [0.05, 0.1) is 0 Å². The van der Waals surface area contributed by atoms with Crippen molar-refractivity contribution in [3.05, 3.63) is 41.0 Å². The predicted molar refractivity (Wildman–Crippen MR) is 86.7 cm³/mol. The lowest BCUT2D eigenvalue weighted by Crippen LogP contribution is -2.41. The fourth-order valence-electron chi connectivity index (χ4n) is 2.20. The molecule has 1 atom stereocenters. The van der Waals surface area contributed by atoms with Gasteiger partial charge in [0, 0.05) is 29.2 Å². The number of aromatic nitrogens is 1. The van der Waals surface area contributed by atoms with Gasteiger partial charge in [-0.05, 0) is 24.5 Å². The van der Waals surface area contributed by atoms with E-state index in [1.54, 1.807) is 18.2 Å². The van der Waals surface area contributed by atoms with Crippen LogP contribution in [0.25, 0.3) is 11.3 Å². The van der Waals surface area contributed by atoms with Crippen LogP contribution in [-0.4, -0.2) is 23.7 Å². The van der Waals surface area contributed by atoms with Crippen LogP contribution in [0.1, 0.15) is 30.8 Å². The van der Waals surface area contributed by atoms with Gasteiger partial charge in [-0.2, -0.15) is 0 Å². The van der Waals surface area contributed by atoms with E-state index in [0.717, 1.165) is 12.0 Å². The summed E-state index contributed by atoms with van der Waals surface area (Å²) in [5.74, 6) is 0.669. The lowest BCUT2D eigenvalue weighted by molar-refractivity contribution is 0.0924. The first-order valence-corrected chi connectivity index (χ1v) is 7.61. The fourth-order valence-corrected chi connectivity index (χ4v) is 2.39. The van der Waals surface area contributed by atoms with Crippen LogP contribution >= 0.6 is 11.6 Å². The molecule has 1 heterocycles. The molecule has 0 bridgehead atoms. The number of nitrogens with one attached hydrogen (secondary N) is 1. The molecular formula is C16H20ClN3O2. The van der Waals surface area contributed by atoms with E-state index in [9.17, 15) is 4.79 Å². The number of halogens is 1. The Morgan fingerprint density at radius 2 is 2.18 bits per heavy atom. The van der Waals surface area contributed by atoms with Crippen LogP contribution in [0.2, 0.25) is 5.02 Å². The minimum atomic E-state index is -0.284. The summed E-state index contributed by atoms with van der Waals surface area (Å²) in [6, 6.07) is 8.71. The maximum absolute atomic E-state index is 12.2. The maximum Gasteiger partial charge on any atom is 0.273 e. The van der Waals surface area contributed by atoms with E-state index in [1.807, 2.05) is 12.1 Å². The third-order valence-electron chi connectivity index (χ3n) is 3.23. The maximum atomic E-state index is 12.2. The van der Waals surface area contributed by atoms with Crippen molar-refractivity contribution >= 4 is 17.5 Å². The monoisotopic (exact) mass is 321 g/mol. The Bertz CT molecular complexity index is 640. The van der Waals surface area contributed by atoms with Crippen LogP contribution < -0.4 is 11.1 Å². The number of hydrogen-bond donors (Lipinski definition) is 2. The second-order valence-electron chi connectivity index (χ2n) is 5.62. The second-order valence-corrected chi connectivity index (χ2v) is 6.06. The summed E-state index contributed by atoms with van der Waals surface area (Å²) in [6.07, 6.45) is 0.821. The topological polar surface area (TPSA) is 81.1 Å². The highest BCUT2D eigenvalue weighted by Crippen LogP contribution is 2.23. The smallest absolute Gasteiger partial charge is 0.273 e. The summed E-state index contributed by atoms with van der Waals surface area (Å²) < 4.78 is 5.22. The Balaban J connectivity index is 2.09. The van der Waals surface area contributed by atoms with E-state index in [4.69, 9.17) is 21.9 Å². The molecule has 2 rings (SSSR count). The molecule has 0 spiro atoms. The number of nitrogens with two attached hydrogens (primary N) is 1. The van der Waals surface area contributed by atoms with E-state index in [1.165, 1.54) is 0 Å². The van der Waals surface area contributed by atoms with Gasteiger partial charge in [0.25, 0.3) is 5.91 Å². The van der Waals surface area contributed by atoms with Crippen molar-refractivity contribution in [3.8, 4) is 11.3 Å². The van der Waals surface area contributed by atoms with Gasteiger partial charge in [-0.3, -0.25) is 4.79 Å². The molecule has 22 heavy (non-hydrogen) atoms. The van der Waals surface area contributed by atoms with Crippen molar-refractivity contribution in [1.29, 1.82) is 0 Å². The van der Waals surface area contributed by atoms with Gasteiger partial charge in [0.1, 0.15) is 0 Å². The van der Waals surface area contributed by atoms with E-state index < -0.39 is 0 Å². The molecule has 1 aromatic carbocycles. The first kappa shape index (κ1) is 16.5. The summed E-state index contributed by atoms with van der Waals surface area (Å²) in [6.45, 7) is 4.56. The van der Waals surface area contributed by atoms with E-state index >= 15 is 0 Å². The zero-order chi connectivity index (χ0) is 16.1. The molecule has 0 aliphatic carbocycles. The van der Waals surface area contributed by atoms with Gasteiger partial charge in [-0.15, -0.1) is 0 Å². The van der Waals surface area contributed by atoms with Gasteiger partial charge in [-0.25, -0.2) is 0 Å². The summed E-state index contributed by atoms with van der Waals surface area (Å²) in [4.78, 5) is 12.2. The van der Waals surface area contributed by atoms with Crippen molar-refractivity contribution in [2.75, 3.05) is 6.54 Å². The number of carbonyl (C=O) groups excluding carboxylic acids is 1. The molecule has 1 amide bonds. The SMILES string of the molecule is CC(C)CC(CN)NC(=O)c1cc(-c2cccc(Cl)c2)on1. The van der Waals surface area contributed by atoms with E-state index in [2.05, 4.69) is 24.3 Å². The van der Waals surface area contributed by atoms with Crippen molar-refractivity contribution < 1.29 is 9.32 Å². The molecule has 0 saturated heterocycles. The van der Waals surface area contributed by atoms with Crippen molar-refractivity contribution in [1.82, 2.24) is 10.5 Å². The molecule has 5 nitrogen and oxygen atoms in total. The Hall–Kier alpha value is -1.85. The third-order valence-corrected chi connectivity index (χ3v) is 3.46. The van der Waals surface area contributed by atoms with Crippen LogP contribution in [0.4, 0.5) is 0 Å². The zero-order valence-corrected chi connectivity index (χ0v) is 13.4. The average Bonchev–Trinajstić information content (AvgIpc) is 2.96. The zero-order valence-electron chi connectivity index (χ0n) is 12.7. The molecule has 1 aromatic heterocycles. The Kier molecular flexibility index (Phi) is 5.57. The Morgan fingerprint density at radius 3 is 2.82 bits per heavy atom. The van der Waals surface area contributed by atoms with Crippen molar-refractivity contribution in [3.63, 3.8) is 0 Å². The molecule has 0 aliphatic rings. The minimum Gasteiger partial charge on any atom is -0.355 e. The van der Waals surface area contributed by atoms with Crippen LogP contribution in [0.15, 0.2) is 34.9 Å². The van der Waals surface area contributed by atoms with Crippen molar-refractivity contribution in [2.45, 2.75) is 26.3 Å². The highest BCUT2D eigenvalue weighted by atomic mass is 35.5. The predicted octanol–water partition coefficient (Wildman–Crippen LogP) is 3.10. The first-order valence-electron chi connectivity index (χ1n) is 7.23. The van der Waals surface area contributed by atoms with Crippen LogP contribution in [0.3, 0.4) is 0 Å².